The Morgan fingerprint density at radius 1 is 1.08 bits per heavy atom. The van der Waals surface area contributed by atoms with Crippen molar-refractivity contribution < 1.29 is 14.6 Å². The zero-order chi connectivity index (χ0) is 18.2. The van der Waals surface area contributed by atoms with E-state index in [4.69, 9.17) is 4.74 Å². The molecule has 0 aliphatic rings. The van der Waals surface area contributed by atoms with E-state index in [2.05, 4.69) is 5.32 Å². The molecule has 0 saturated heterocycles. The molecular weight excluding hydrogens is 314 g/mol. The third kappa shape index (κ3) is 5.61. The van der Waals surface area contributed by atoms with E-state index < -0.39 is 6.10 Å². The predicted octanol–water partition coefficient (Wildman–Crippen LogP) is 3.82. The van der Waals surface area contributed by atoms with Crippen molar-refractivity contribution in [1.82, 2.24) is 5.32 Å². The van der Waals surface area contributed by atoms with Gasteiger partial charge < -0.3 is 15.2 Å². The van der Waals surface area contributed by atoms with Crippen molar-refractivity contribution in [3.05, 3.63) is 65.7 Å². The first-order valence-electron chi connectivity index (χ1n) is 8.78. The highest BCUT2D eigenvalue weighted by Gasteiger charge is 2.19. The van der Waals surface area contributed by atoms with E-state index in [-0.39, 0.29) is 24.5 Å². The second-order valence-corrected chi connectivity index (χ2v) is 6.37. The lowest BCUT2D eigenvalue weighted by molar-refractivity contribution is -0.123. The van der Waals surface area contributed by atoms with Gasteiger partial charge in [0, 0.05) is 6.54 Å². The Bertz CT molecular complexity index is 670. The van der Waals surface area contributed by atoms with Crippen LogP contribution in [0.1, 0.15) is 50.3 Å². The van der Waals surface area contributed by atoms with Crippen LogP contribution in [0.3, 0.4) is 0 Å². The lowest BCUT2D eigenvalue weighted by atomic mass is 9.95. The number of hydrogen-bond acceptors (Lipinski definition) is 3. The second kappa shape index (κ2) is 9.23. The van der Waals surface area contributed by atoms with Gasteiger partial charge in [-0.05, 0) is 43.5 Å². The summed E-state index contributed by atoms with van der Waals surface area (Å²) in [7, 11) is 0. The predicted molar refractivity (Wildman–Crippen MR) is 99.6 cm³/mol. The van der Waals surface area contributed by atoms with Crippen molar-refractivity contribution in [3.8, 4) is 5.75 Å². The average molecular weight is 341 g/mol. The summed E-state index contributed by atoms with van der Waals surface area (Å²) in [6.07, 6.45) is 0.0140. The van der Waals surface area contributed by atoms with Crippen LogP contribution < -0.4 is 10.1 Å². The molecule has 2 aromatic rings. The monoisotopic (exact) mass is 341 g/mol. The van der Waals surface area contributed by atoms with Crippen molar-refractivity contribution in [2.75, 3.05) is 6.54 Å². The van der Waals surface area contributed by atoms with Crippen LogP contribution >= 0.6 is 0 Å². The van der Waals surface area contributed by atoms with E-state index in [9.17, 15) is 9.90 Å². The fourth-order valence-corrected chi connectivity index (χ4v) is 2.76. The Morgan fingerprint density at radius 3 is 2.40 bits per heavy atom. The van der Waals surface area contributed by atoms with Crippen LogP contribution in [0.2, 0.25) is 0 Å². The van der Waals surface area contributed by atoms with Crippen LogP contribution in [0.5, 0.6) is 5.75 Å². The Morgan fingerprint density at radius 2 is 1.76 bits per heavy atom. The van der Waals surface area contributed by atoms with E-state index in [1.807, 2.05) is 75.4 Å². The Balaban J connectivity index is 1.96. The van der Waals surface area contributed by atoms with Crippen LogP contribution in [0.4, 0.5) is 0 Å². The molecule has 2 rings (SSSR count). The van der Waals surface area contributed by atoms with Crippen molar-refractivity contribution in [3.63, 3.8) is 0 Å². The summed E-state index contributed by atoms with van der Waals surface area (Å²) in [5.74, 6) is 0.444. The summed E-state index contributed by atoms with van der Waals surface area (Å²) >= 11 is 0. The number of benzene rings is 2. The number of ether oxygens (including phenoxy) is 1. The Kier molecular flexibility index (Phi) is 7.02. The molecule has 0 aliphatic carbocycles. The first-order valence-corrected chi connectivity index (χ1v) is 8.78. The second-order valence-electron chi connectivity index (χ2n) is 6.37. The number of aliphatic hydroxyl groups excluding tert-OH is 1. The summed E-state index contributed by atoms with van der Waals surface area (Å²) in [5.41, 5.74) is 1.72. The number of amides is 1. The molecule has 4 nitrogen and oxygen atoms in total. The van der Waals surface area contributed by atoms with Crippen LogP contribution in [0, 0.1) is 0 Å². The molecular formula is C21H27NO3. The maximum Gasteiger partial charge on any atom is 0.227 e. The largest absolute Gasteiger partial charge is 0.491 e. The van der Waals surface area contributed by atoms with Crippen molar-refractivity contribution >= 4 is 5.91 Å². The maximum absolute atomic E-state index is 12.5. The van der Waals surface area contributed by atoms with Crippen molar-refractivity contribution in [2.24, 2.45) is 0 Å². The van der Waals surface area contributed by atoms with E-state index in [0.29, 0.717) is 12.2 Å². The zero-order valence-corrected chi connectivity index (χ0v) is 15.1. The highest BCUT2D eigenvalue weighted by molar-refractivity contribution is 5.83. The molecule has 134 valence electrons. The third-order valence-electron chi connectivity index (χ3n) is 4.01. The van der Waals surface area contributed by atoms with E-state index in [1.165, 1.54) is 0 Å². The Hall–Kier alpha value is -2.33. The van der Waals surface area contributed by atoms with Gasteiger partial charge >= 0.3 is 0 Å². The van der Waals surface area contributed by atoms with Crippen molar-refractivity contribution in [2.45, 2.75) is 45.3 Å². The van der Waals surface area contributed by atoms with Gasteiger partial charge in [0.2, 0.25) is 5.91 Å². The molecule has 0 saturated carbocycles. The van der Waals surface area contributed by atoms with Gasteiger partial charge in [0.15, 0.2) is 0 Å². The number of carbonyl (C=O) groups is 1. The standard InChI is InChI=1S/C21H27NO3/c1-4-19(16-9-6-5-7-10-16)21(24)22-14-20(23)17-11-8-12-18(13-17)25-15(2)3/h5-13,15,19-20,23H,4,14H2,1-3H3,(H,22,24). The summed E-state index contributed by atoms with van der Waals surface area (Å²) in [6, 6.07) is 17.1. The van der Waals surface area contributed by atoms with Crippen LogP contribution in [0.15, 0.2) is 54.6 Å². The number of hydrogen-bond donors (Lipinski definition) is 2. The van der Waals surface area contributed by atoms with Gasteiger partial charge in [-0.25, -0.2) is 0 Å². The summed E-state index contributed by atoms with van der Waals surface area (Å²) in [4.78, 5) is 12.5. The smallest absolute Gasteiger partial charge is 0.227 e. The molecule has 0 radical (unpaired) electrons. The minimum atomic E-state index is -0.770. The summed E-state index contributed by atoms with van der Waals surface area (Å²) in [6.45, 7) is 6.07. The molecule has 0 bridgehead atoms. The molecule has 4 heteroatoms. The SMILES string of the molecule is CCC(C(=O)NCC(O)c1cccc(OC(C)C)c1)c1ccccc1. The molecule has 25 heavy (non-hydrogen) atoms. The van der Waals surface area contributed by atoms with Crippen LogP contribution in [0.25, 0.3) is 0 Å². The van der Waals surface area contributed by atoms with E-state index in [1.54, 1.807) is 0 Å². The molecule has 0 spiro atoms. The van der Waals surface area contributed by atoms with Crippen LogP contribution in [-0.2, 0) is 4.79 Å². The highest BCUT2D eigenvalue weighted by atomic mass is 16.5. The summed E-state index contributed by atoms with van der Waals surface area (Å²) < 4.78 is 5.65. The first-order chi connectivity index (χ1) is 12.0. The molecule has 0 aliphatic heterocycles. The van der Waals surface area contributed by atoms with Gasteiger partial charge in [0.1, 0.15) is 5.75 Å². The van der Waals surface area contributed by atoms with E-state index in [0.717, 1.165) is 11.1 Å². The number of aliphatic hydroxyl groups is 1. The molecule has 0 aromatic heterocycles. The molecule has 2 unspecified atom stereocenters. The maximum atomic E-state index is 12.5. The molecule has 1 amide bonds. The third-order valence-corrected chi connectivity index (χ3v) is 4.01. The lowest BCUT2D eigenvalue weighted by Crippen LogP contribution is -2.32. The van der Waals surface area contributed by atoms with Gasteiger partial charge in [-0.15, -0.1) is 0 Å². The molecule has 2 aromatic carbocycles. The average Bonchev–Trinajstić information content (AvgIpc) is 2.61. The van der Waals surface area contributed by atoms with Gasteiger partial charge in [0.05, 0.1) is 18.1 Å². The van der Waals surface area contributed by atoms with Gasteiger partial charge in [-0.1, -0.05) is 49.4 Å². The quantitative estimate of drug-likeness (QED) is 0.767. The van der Waals surface area contributed by atoms with E-state index >= 15 is 0 Å². The fraction of sp³-hybridized carbons (Fsp3) is 0.381. The summed E-state index contributed by atoms with van der Waals surface area (Å²) in [5, 5.41) is 13.2. The first kappa shape index (κ1) is 19.0. The van der Waals surface area contributed by atoms with Gasteiger partial charge in [-0.3, -0.25) is 4.79 Å². The minimum absolute atomic E-state index is 0.0673. The molecule has 2 N–H and O–H groups in total. The molecule has 0 heterocycles. The van der Waals surface area contributed by atoms with Gasteiger partial charge in [-0.2, -0.15) is 0 Å². The normalized spacial score (nSPS) is 13.3. The number of rotatable bonds is 8. The highest BCUT2D eigenvalue weighted by Crippen LogP contribution is 2.22. The topological polar surface area (TPSA) is 58.6 Å². The molecule has 2 atom stereocenters. The fourth-order valence-electron chi connectivity index (χ4n) is 2.76. The number of carbonyl (C=O) groups excluding carboxylic acids is 1. The zero-order valence-electron chi connectivity index (χ0n) is 15.1. The molecule has 0 fully saturated rings. The number of nitrogens with one attached hydrogen (secondary N) is 1. The van der Waals surface area contributed by atoms with Gasteiger partial charge in [0.25, 0.3) is 0 Å². The van der Waals surface area contributed by atoms with Crippen molar-refractivity contribution in [1.29, 1.82) is 0 Å². The lowest BCUT2D eigenvalue weighted by Gasteiger charge is -2.18. The minimum Gasteiger partial charge on any atom is -0.491 e. The Labute approximate surface area is 149 Å². The van der Waals surface area contributed by atoms with Crippen LogP contribution in [-0.4, -0.2) is 23.7 Å².